The number of hydrogen-bond acceptors (Lipinski definition) is 4. The van der Waals surface area contributed by atoms with E-state index in [-0.39, 0.29) is 24.3 Å². The third-order valence-electron chi connectivity index (χ3n) is 7.19. The first kappa shape index (κ1) is 24.8. The number of likely N-dealkylation sites (tertiary alicyclic amines) is 1. The number of benzene rings is 2. The van der Waals surface area contributed by atoms with E-state index in [2.05, 4.69) is 17.1 Å². The summed E-state index contributed by atoms with van der Waals surface area (Å²) in [6.07, 6.45) is 4.39. The third kappa shape index (κ3) is 5.19. The summed E-state index contributed by atoms with van der Waals surface area (Å²) < 4.78 is 0. The van der Waals surface area contributed by atoms with Gasteiger partial charge in [-0.1, -0.05) is 43.7 Å². The van der Waals surface area contributed by atoms with Crippen molar-refractivity contribution in [3.8, 4) is 0 Å². The van der Waals surface area contributed by atoms with Crippen LogP contribution in [0.4, 0.5) is 5.69 Å². The van der Waals surface area contributed by atoms with Gasteiger partial charge in [-0.15, -0.1) is 0 Å². The van der Waals surface area contributed by atoms with Crippen molar-refractivity contribution in [2.24, 2.45) is 0 Å². The quantitative estimate of drug-likeness (QED) is 0.634. The summed E-state index contributed by atoms with van der Waals surface area (Å²) in [6.45, 7) is 5.99. The van der Waals surface area contributed by atoms with Crippen molar-refractivity contribution in [2.45, 2.75) is 51.5 Å². The number of nitrogens with one attached hydrogen (secondary N) is 1. The number of anilines is 1. The molecule has 0 unspecified atom stereocenters. The van der Waals surface area contributed by atoms with Crippen LogP contribution in [-0.4, -0.2) is 65.9 Å². The Hall–Kier alpha value is -3.35. The van der Waals surface area contributed by atoms with E-state index in [4.69, 9.17) is 0 Å². The predicted molar refractivity (Wildman–Crippen MR) is 137 cm³/mol. The van der Waals surface area contributed by atoms with E-state index in [0.717, 1.165) is 24.9 Å². The normalized spacial score (nSPS) is 17.2. The summed E-state index contributed by atoms with van der Waals surface area (Å²) >= 11 is 0. The number of carbonyl (C=O) groups excluding carboxylic acids is 3. The van der Waals surface area contributed by atoms with E-state index in [1.807, 2.05) is 66.4 Å². The van der Waals surface area contributed by atoms with Crippen molar-refractivity contribution in [3.63, 3.8) is 0 Å². The molecule has 2 aliphatic rings. The summed E-state index contributed by atoms with van der Waals surface area (Å²) in [7, 11) is 0. The molecule has 35 heavy (non-hydrogen) atoms. The monoisotopic (exact) mass is 476 g/mol. The molecule has 0 saturated carbocycles. The van der Waals surface area contributed by atoms with Crippen molar-refractivity contribution in [1.82, 2.24) is 15.1 Å². The minimum Gasteiger partial charge on any atom is -0.355 e. The SMILES string of the molecule is CCCCc1ccc(C(=O)N2CCC3(CC2)C(=O)N(CC(=O)NCC)CN3c2ccccc2)cc1. The van der Waals surface area contributed by atoms with Crippen LogP contribution in [0.15, 0.2) is 54.6 Å². The molecule has 2 saturated heterocycles. The summed E-state index contributed by atoms with van der Waals surface area (Å²) in [5.41, 5.74) is 2.16. The predicted octanol–water partition coefficient (Wildman–Crippen LogP) is 3.45. The van der Waals surface area contributed by atoms with Crippen LogP contribution in [0.1, 0.15) is 55.5 Å². The molecule has 2 aromatic rings. The molecule has 0 aromatic heterocycles. The smallest absolute Gasteiger partial charge is 0.253 e. The molecule has 2 aromatic carbocycles. The van der Waals surface area contributed by atoms with Crippen LogP contribution in [0.25, 0.3) is 0 Å². The maximum absolute atomic E-state index is 13.7. The Morgan fingerprint density at radius 1 is 0.971 bits per heavy atom. The number of unbranched alkanes of at least 4 members (excludes halogenated alkanes) is 1. The number of nitrogens with zero attached hydrogens (tertiary/aromatic N) is 3. The fourth-order valence-electron chi connectivity index (χ4n) is 5.21. The fourth-order valence-corrected chi connectivity index (χ4v) is 5.21. The Bertz CT molecular complexity index is 1030. The lowest BCUT2D eigenvalue weighted by Gasteiger charge is -2.43. The van der Waals surface area contributed by atoms with Crippen LogP contribution in [0.3, 0.4) is 0 Å². The van der Waals surface area contributed by atoms with Gasteiger partial charge in [-0.2, -0.15) is 0 Å². The zero-order chi connectivity index (χ0) is 24.8. The molecular formula is C28H36N4O3. The molecule has 2 heterocycles. The lowest BCUT2D eigenvalue weighted by Crippen LogP contribution is -2.57. The van der Waals surface area contributed by atoms with Gasteiger partial charge in [-0.05, 0) is 62.4 Å². The van der Waals surface area contributed by atoms with Gasteiger partial charge in [-0.25, -0.2) is 0 Å². The fraction of sp³-hybridized carbons (Fsp3) is 0.464. The van der Waals surface area contributed by atoms with Crippen LogP contribution < -0.4 is 10.2 Å². The minimum atomic E-state index is -0.741. The molecule has 2 fully saturated rings. The Labute approximate surface area is 208 Å². The lowest BCUT2D eigenvalue weighted by atomic mass is 9.85. The maximum atomic E-state index is 13.7. The molecule has 7 heteroatoms. The van der Waals surface area contributed by atoms with Crippen LogP contribution in [0.5, 0.6) is 0 Å². The first-order valence-electron chi connectivity index (χ1n) is 12.8. The highest BCUT2D eigenvalue weighted by Crippen LogP contribution is 2.39. The molecular weight excluding hydrogens is 440 g/mol. The van der Waals surface area contributed by atoms with Gasteiger partial charge in [-0.3, -0.25) is 14.4 Å². The molecule has 186 valence electrons. The van der Waals surface area contributed by atoms with Gasteiger partial charge < -0.3 is 20.0 Å². The van der Waals surface area contributed by atoms with E-state index in [1.165, 1.54) is 5.56 Å². The summed E-state index contributed by atoms with van der Waals surface area (Å²) in [4.78, 5) is 44.8. The standard InChI is InChI=1S/C28H36N4O3/c1-3-5-9-22-12-14-23(15-13-22)26(34)30-18-16-28(17-19-30)27(35)31(20-25(33)29-4-2)21-32(28)24-10-7-6-8-11-24/h6-8,10-15H,3-5,9,16-21H2,1-2H3,(H,29,33). The van der Waals surface area contributed by atoms with Gasteiger partial charge >= 0.3 is 0 Å². The summed E-state index contributed by atoms with van der Waals surface area (Å²) in [5, 5.41) is 2.79. The van der Waals surface area contributed by atoms with Crippen molar-refractivity contribution in [1.29, 1.82) is 0 Å². The molecule has 3 amide bonds. The Kier molecular flexibility index (Phi) is 7.73. The van der Waals surface area contributed by atoms with Gasteiger partial charge in [0.05, 0.1) is 6.67 Å². The van der Waals surface area contributed by atoms with Gasteiger partial charge in [0.1, 0.15) is 12.1 Å². The van der Waals surface area contributed by atoms with E-state index in [1.54, 1.807) is 4.90 Å². The van der Waals surface area contributed by atoms with Crippen LogP contribution in [0.2, 0.25) is 0 Å². The Balaban J connectivity index is 1.49. The van der Waals surface area contributed by atoms with Crippen molar-refractivity contribution >= 4 is 23.4 Å². The number of likely N-dealkylation sites (N-methyl/N-ethyl adjacent to an activating group) is 1. The number of hydrogen-bond donors (Lipinski definition) is 1. The average molecular weight is 477 g/mol. The number of aryl methyl sites for hydroxylation is 1. The van der Waals surface area contributed by atoms with Crippen LogP contribution in [-0.2, 0) is 16.0 Å². The first-order valence-corrected chi connectivity index (χ1v) is 12.8. The highest BCUT2D eigenvalue weighted by Gasteiger charge is 2.54. The first-order chi connectivity index (χ1) is 17.0. The zero-order valence-corrected chi connectivity index (χ0v) is 20.8. The molecule has 0 bridgehead atoms. The van der Waals surface area contributed by atoms with Crippen molar-refractivity contribution < 1.29 is 14.4 Å². The van der Waals surface area contributed by atoms with Gasteiger partial charge in [0.2, 0.25) is 5.91 Å². The largest absolute Gasteiger partial charge is 0.355 e. The molecule has 1 spiro atoms. The molecule has 1 N–H and O–H groups in total. The van der Waals surface area contributed by atoms with E-state index in [0.29, 0.717) is 44.7 Å². The lowest BCUT2D eigenvalue weighted by molar-refractivity contribution is -0.137. The molecule has 0 aliphatic carbocycles. The Morgan fingerprint density at radius 2 is 1.66 bits per heavy atom. The number of piperidine rings is 1. The number of rotatable bonds is 8. The van der Waals surface area contributed by atoms with Gasteiger partial charge in [0.15, 0.2) is 0 Å². The molecule has 0 radical (unpaired) electrons. The topological polar surface area (TPSA) is 73.0 Å². The Morgan fingerprint density at radius 3 is 2.29 bits per heavy atom. The minimum absolute atomic E-state index is 0.0118. The second-order valence-corrected chi connectivity index (χ2v) is 9.49. The molecule has 0 atom stereocenters. The van der Waals surface area contributed by atoms with Crippen LogP contribution >= 0.6 is 0 Å². The van der Waals surface area contributed by atoms with E-state index >= 15 is 0 Å². The summed E-state index contributed by atoms with van der Waals surface area (Å²) in [5.74, 6) is -0.168. The van der Waals surface area contributed by atoms with E-state index in [9.17, 15) is 14.4 Å². The van der Waals surface area contributed by atoms with Gasteiger partial charge in [0, 0.05) is 30.9 Å². The number of carbonyl (C=O) groups is 3. The highest BCUT2D eigenvalue weighted by molar-refractivity contribution is 5.97. The second kappa shape index (κ2) is 10.9. The molecule has 4 rings (SSSR count). The molecule has 7 nitrogen and oxygen atoms in total. The van der Waals surface area contributed by atoms with Crippen LogP contribution in [0, 0.1) is 0 Å². The second-order valence-electron chi connectivity index (χ2n) is 9.49. The number of para-hydroxylation sites is 1. The zero-order valence-electron chi connectivity index (χ0n) is 20.8. The van der Waals surface area contributed by atoms with E-state index < -0.39 is 5.54 Å². The molecule has 2 aliphatic heterocycles. The highest BCUT2D eigenvalue weighted by atomic mass is 16.2. The summed E-state index contributed by atoms with van der Waals surface area (Å²) in [6, 6.07) is 17.8. The average Bonchev–Trinajstić information content (AvgIpc) is 3.14. The van der Waals surface area contributed by atoms with Crippen molar-refractivity contribution in [3.05, 3.63) is 65.7 Å². The third-order valence-corrected chi connectivity index (χ3v) is 7.19. The van der Waals surface area contributed by atoms with Gasteiger partial charge in [0.25, 0.3) is 11.8 Å². The van der Waals surface area contributed by atoms with Crippen molar-refractivity contribution in [2.75, 3.05) is 37.7 Å². The number of amides is 3. The maximum Gasteiger partial charge on any atom is 0.253 e.